The SMILES string of the molecule is O=C(O)c1cc(-c2ccccn2)nc2cccc(Br)c12. The lowest BCUT2D eigenvalue weighted by atomic mass is 10.1. The molecule has 1 N–H and O–H groups in total. The number of fused-ring (bicyclic) bond motifs is 1. The van der Waals surface area contributed by atoms with Gasteiger partial charge in [-0.3, -0.25) is 4.98 Å². The van der Waals surface area contributed by atoms with Gasteiger partial charge in [-0.05, 0) is 30.3 Å². The average molecular weight is 329 g/mol. The smallest absolute Gasteiger partial charge is 0.336 e. The maximum absolute atomic E-state index is 11.5. The Balaban J connectivity index is 2.35. The molecule has 3 rings (SSSR count). The monoisotopic (exact) mass is 328 g/mol. The van der Waals surface area contributed by atoms with E-state index in [1.54, 1.807) is 36.5 Å². The molecule has 2 heterocycles. The van der Waals surface area contributed by atoms with Crippen molar-refractivity contribution in [3.63, 3.8) is 0 Å². The Kier molecular flexibility index (Phi) is 3.20. The highest BCUT2D eigenvalue weighted by atomic mass is 79.9. The van der Waals surface area contributed by atoms with Crippen molar-refractivity contribution in [1.29, 1.82) is 0 Å². The maximum Gasteiger partial charge on any atom is 0.336 e. The van der Waals surface area contributed by atoms with Gasteiger partial charge in [-0.15, -0.1) is 0 Å². The molecule has 0 spiro atoms. The van der Waals surface area contributed by atoms with Gasteiger partial charge in [0.2, 0.25) is 0 Å². The molecular weight excluding hydrogens is 320 g/mol. The summed E-state index contributed by atoms with van der Waals surface area (Å²) in [5.74, 6) is -0.985. The molecule has 0 saturated heterocycles. The van der Waals surface area contributed by atoms with Gasteiger partial charge < -0.3 is 5.11 Å². The number of benzene rings is 1. The van der Waals surface area contributed by atoms with Crippen molar-refractivity contribution in [2.24, 2.45) is 0 Å². The van der Waals surface area contributed by atoms with Crippen molar-refractivity contribution in [1.82, 2.24) is 9.97 Å². The fourth-order valence-electron chi connectivity index (χ4n) is 2.06. The first-order valence-electron chi connectivity index (χ1n) is 5.91. The van der Waals surface area contributed by atoms with E-state index in [0.717, 1.165) is 0 Å². The topological polar surface area (TPSA) is 63.1 Å². The molecule has 0 aliphatic heterocycles. The third kappa shape index (κ3) is 2.16. The first-order valence-corrected chi connectivity index (χ1v) is 6.70. The second-order valence-corrected chi connectivity index (χ2v) is 5.06. The number of rotatable bonds is 2. The van der Waals surface area contributed by atoms with E-state index < -0.39 is 5.97 Å². The first kappa shape index (κ1) is 12.7. The minimum absolute atomic E-state index is 0.211. The van der Waals surface area contributed by atoms with E-state index in [1.807, 2.05) is 12.1 Å². The molecule has 0 aliphatic rings. The van der Waals surface area contributed by atoms with Crippen molar-refractivity contribution in [3.05, 3.63) is 58.7 Å². The molecule has 20 heavy (non-hydrogen) atoms. The summed E-state index contributed by atoms with van der Waals surface area (Å²) in [6.07, 6.45) is 1.66. The van der Waals surface area contributed by atoms with Crippen molar-refractivity contribution in [2.45, 2.75) is 0 Å². The minimum Gasteiger partial charge on any atom is -0.478 e. The fraction of sp³-hybridized carbons (Fsp3) is 0. The number of hydrogen-bond acceptors (Lipinski definition) is 3. The molecule has 0 bridgehead atoms. The van der Waals surface area contributed by atoms with Crippen molar-refractivity contribution < 1.29 is 9.90 Å². The Morgan fingerprint density at radius 1 is 1.10 bits per heavy atom. The number of aromatic nitrogens is 2. The summed E-state index contributed by atoms with van der Waals surface area (Å²) in [5, 5.41) is 10.0. The Hall–Kier alpha value is -2.27. The Labute approximate surface area is 123 Å². The van der Waals surface area contributed by atoms with Crippen molar-refractivity contribution in [3.8, 4) is 11.4 Å². The summed E-state index contributed by atoms with van der Waals surface area (Å²) in [5.41, 5.74) is 2.04. The van der Waals surface area contributed by atoms with Crippen LogP contribution < -0.4 is 0 Å². The third-order valence-corrected chi connectivity index (χ3v) is 3.60. The molecule has 0 aliphatic carbocycles. The van der Waals surface area contributed by atoms with Gasteiger partial charge in [0, 0.05) is 16.1 Å². The van der Waals surface area contributed by atoms with E-state index in [1.165, 1.54) is 0 Å². The predicted molar refractivity (Wildman–Crippen MR) is 79.6 cm³/mol. The predicted octanol–water partition coefficient (Wildman–Crippen LogP) is 3.76. The third-order valence-electron chi connectivity index (χ3n) is 2.94. The molecule has 3 aromatic rings. The molecular formula is C15H9BrN2O2. The highest BCUT2D eigenvalue weighted by molar-refractivity contribution is 9.10. The number of carboxylic acids is 1. The Bertz CT molecular complexity index is 804. The van der Waals surface area contributed by atoms with Crippen LogP contribution in [0.2, 0.25) is 0 Å². The highest BCUT2D eigenvalue weighted by Gasteiger charge is 2.15. The van der Waals surface area contributed by atoms with E-state index in [9.17, 15) is 9.90 Å². The Morgan fingerprint density at radius 3 is 2.65 bits per heavy atom. The number of carbonyl (C=O) groups is 1. The zero-order chi connectivity index (χ0) is 14.1. The maximum atomic E-state index is 11.5. The lowest BCUT2D eigenvalue weighted by molar-refractivity contribution is 0.0699. The van der Waals surface area contributed by atoms with Gasteiger partial charge in [0.05, 0.1) is 22.5 Å². The lowest BCUT2D eigenvalue weighted by Crippen LogP contribution is -2.01. The van der Waals surface area contributed by atoms with E-state index >= 15 is 0 Å². The van der Waals surface area contributed by atoms with Crippen molar-refractivity contribution >= 4 is 32.8 Å². The van der Waals surface area contributed by atoms with Gasteiger partial charge in [0.15, 0.2) is 0 Å². The molecule has 0 amide bonds. The number of carboxylic acid groups (broad SMARTS) is 1. The van der Waals surface area contributed by atoms with E-state index in [4.69, 9.17) is 0 Å². The van der Waals surface area contributed by atoms with Crippen LogP contribution >= 0.6 is 15.9 Å². The summed E-state index contributed by atoms with van der Waals surface area (Å²) in [6.45, 7) is 0. The molecule has 1 aromatic carbocycles. The standard InChI is InChI=1S/C15H9BrN2O2/c16-10-4-3-6-12-14(10)9(15(19)20)8-13(18-12)11-5-1-2-7-17-11/h1-8H,(H,19,20). The van der Waals surface area contributed by atoms with E-state index in [0.29, 0.717) is 26.8 Å². The zero-order valence-corrected chi connectivity index (χ0v) is 11.8. The van der Waals surface area contributed by atoms with Gasteiger partial charge in [0.1, 0.15) is 0 Å². The van der Waals surface area contributed by atoms with Crippen molar-refractivity contribution in [2.75, 3.05) is 0 Å². The largest absolute Gasteiger partial charge is 0.478 e. The van der Waals surface area contributed by atoms with Crippen LogP contribution in [0, 0.1) is 0 Å². The second-order valence-electron chi connectivity index (χ2n) is 4.21. The van der Waals surface area contributed by atoms with Crippen LogP contribution in [-0.2, 0) is 0 Å². The van der Waals surface area contributed by atoms with E-state index in [2.05, 4.69) is 25.9 Å². The summed E-state index contributed by atoms with van der Waals surface area (Å²) in [7, 11) is 0. The van der Waals surface area contributed by atoms with Gasteiger partial charge in [-0.1, -0.05) is 28.1 Å². The normalized spacial score (nSPS) is 10.7. The molecule has 98 valence electrons. The minimum atomic E-state index is -0.985. The van der Waals surface area contributed by atoms with E-state index in [-0.39, 0.29) is 5.56 Å². The molecule has 0 unspecified atom stereocenters. The molecule has 5 heteroatoms. The molecule has 4 nitrogen and oxygen atoms in total. The first-order chi connectivity index (χ1) is 9.66. The fourth-order valence-corrected chi connectivity index (χ4v) is 2.63. The van der Waals surface area contributed by atoms with Crippen LogP contribution in [0.3, 0.4) is 0 Å². The van der Waals surface area contributed by atoms with Crippen LogP contribution in [0.25, 0.3) is 22.3 Å². The van der Waals surface area contributed by atoms with Crippen LogP contribution in [0.5, 0.6) is 0 Å². The molecule has 2 aromatic heterocycles. The summed E-state index contributed by atoms with van der Waals surface area (Å²) in [6, 6.07) is 12.4. The summed E-state index contributed by atoms with van der Waals surface area (Å²) < 4.78 is 0.715. The summed E-state index contributed by atoms with van der Waals surface area (Å²) >= 11 is 3.38. The molecule has 0 atom stereocenters. The van der Waals surface area contributed by atoms with Crippen LogP contribution in [-0.4, -0.2) is 21.0 Å². The van der Waals surface area contributed by atoms with Crippen LogP contribution in [0.15, 0.2) is 53.1 Å². The number of hydrogen-bond donors (Lipinski definition) is 1. The quantitative estimate of drug-likeness (QED) is 0.778. The molecule has 0 saturated carbocycles. The Morgan fingerprint density at radius 2 is 1.95 bits per heavy atom. The lowest BCUT2D eigenvalue weighted by Gasteiger charge is -2.07. The number of pyridine rings is 2. The van der Waals surface area contributed by atoms with Crippen LogP contribution in [0.1, 0.15) is 10.4 Å². The number of aromatic carboxylic acids is 1. The number of halogens is 1. The van der Waals surface area contributed by atoms with Crippen LogP contribution in [0.4, 0.5) is 0 Å². The second kappa shape index (κ2) is 5.02. The van der Waals surface area contributed by atoms with Gasteiger partial charge >= 0.3 is 5.97 Å². The van der Waals surface area contributed by atoms with Gasteiger partial charge in [0.25, 0.3) is 0 Å². The average Bonchev–Trinajstić information content (AvgIpc) is 2.47. The zero-order valence-electron chi connectivity index (χ0n) is 10.2. The van der Waals surface area contributed by atoms with Gasteiger partial charge in [-0.25, -0.2) is 9.78 Å². The molecule has 0 radical (unpaired) electrons. The summed E-state index contributed by atoms with van der Waals surface area (Å²) in [4.78, 5) is 20.2. The number of nitrogens with zero attached hydrogens (tertiary/aromatic N) is 2. The molecule has 0 fully saturated rings. The highest BCUT2D eigenvalue weighted by Crippen LogP contribution is 2.29. The van der Waals surface area contributed by atoms with Gasteiger partial charge in [-0.2, -0.15) is 0 Å².